The molecule has 0 aliphatic carbocycles. The molecule has 20 heavy (non-hydrogen) atoms. The minimum absolute atomic E-state index is 0.195. The van der Waals surface area contributed by atoms with E-state index in [1.165, 1.54) is 11.6 Å². The Morgan fingerprint density at radius 2 is 1.65 bits per heavy atom. The molecule has 2 aromatic carbocycles. The molecule has 0 heterocycles. The van der Waals surface area contributed by atoms with Gasteiger partial charge in [0.1, 0.15) is 5.82 Å². The smallest absolute Gasteiger partial charge is 0.146 e. The van der Waals surface area contributed by atoms with Crippen LogP contribution in [0, 0.1) is 5.82 Å². The first-order valence-corrected chi connectivity index (χ1v) is 6.96. The third-order valence-corrected chi connectivity index (χ3v) is 3.31. The van der Waals surface area contributed by atoms with E-state index >= 15 is 0 Å². The molecule has 106 valence electrons. The maximum Gasteiger partial charge on any atom is 0.146 e. The van der Waals surface area contributed by atoms with Crippen molar-refractivity contribution in [1.29, 1.82) is 0 Å². The molecule has 1 N–H and O–H groups in total. The van der Waals surface area contributed by atoms with Crippen molar-refractivity contribution in [1.82, 2.24) is 4.90 Å². The van der Waals surface area contributed by atoms with E-state index < -0.39 is 0 Å². The van der Waals surface area contributed by atoms with Crippen LogP contribution in [0.25, 0.3) is 0 Å². The fourth-order valence-electron chi connectivity index (χ4n) is 2.06. The van der Waals surface area contributed by atoms with Crippen LogP contribution < -0.4 is 5.32 Å². The van der Waals surface area contributed by atoms with Crippen LogP contribution in [-0.2, 0) is 6.42 Å². The number of nitrogens with zero attached hydrogens (tertiary/aromatic N) is 1. The van der Waals surface area contributed by atoms with Crippen molar-refractivity contribution in [2.75, 3.05) is 32.0 Å². The lowest BCUT2D eigenvalue weighted by Gasteiger charge is -2.17. The van der Waals surface area contributed by atoms with Gasteiger partial charge in [0.2, 0.25) is 0 Å². The number of nitrogens with one attached hydrogen (secondary N) is 1. The summed E-state index contributed by atoms with van der Waals surface area (Å²) >= 11 is 0. The minimum atomic E-state index is -0.195. The van der Waals surface area contributed by atoms with Gasteiger partial charge in [-0.05, 0) is 31.2 Å². The summed E-state index contributed by atoms with van der Waals surface area (Å²) in [5.74, 6) is -0.195. The Balaban J connectivity index is 1.68. The number of para-hydroxylation sites is 1. The number of rotatable bonds is 7. The Labute approximate surface area is 120 Å². The van der Waals surface area contributed by atoms with Gasteiger partial charge < -0.3 is 10.2 Å². The summed E-state index contributed by atoms with van der Waals surface area (Å²) in [5.41, 5.74) is 1.92. The van der Waals surface area contributed by atoms with Crippen molar-refractivity contribution in [3.63, 3.8) is 0 Å². The van der Waals surface area contributed by atoms with Crippen molar-refractivity contribution in [2.24, 2.45) is 0 Å². The van der Waals surface area contributed by atoms with Crippen LogP contribution in [0.15, 0.2) is 54.6 Å². The second-order valence-corrected chi connectivity index (χ2v) is 4.95. The molecule has 0 unspecified atom stereocenters. The van der Waals surface area contributed by atoms with Gasteiger partial charge in [-0.25, -0.2) is 4.39 Å². The van der Waals surface area contributed by atoms with Crippen LogP contribution in [0.1, 0.15) is 5.56 Å². The van der Waals surface area contributed by atoms with Gasteiger partial charge in [0, 0.05) is 19.6 Å². The number of anilines is 1. The summed E-state index contributed by atoms with van der Waals surface area (Å²) in [4.78, 5) is 2.25. The summed E-state index contributed by atoms with van der Waals surface area (Å²) in [7, 11) is 2.09. The lowest BCUT2D eigenvalue weighted by Crippen LogP contribution is -2.27. The largest absolute Gasteiger partial charge is 0.381 e. The van der Waals surface area contributed by atoms with Crippen molar-refractivity contribution < 1.29 is 4.39 Å². The van der Waals surface area contributed by atoms with Crippen LogP contribution in [0.4, 0.5) is 10.1 Å². The molecule has 0 spiro atoms. The van der Waals surface area contributed by atoms with E-state index in [0.29, 0.717) is 5.69 Å². The average molecular weight is 272 g/mol. The van der Waals surface area contributed by atoms with Gasteiger partial charge in [0.15, 0.2) is 0 Å². The van der Waals surface area contributed by atoms with Crippen molar-refractivity contribution in [2.45, 2.75) is 6.42 Å². The quantitative estimate of drug-likeness (QED) is 0.831. The van der Waals surface area contributed by atoms with E-state index in [0.717, 1.165) is 26.1 Å². The highest BCUT2D eigenvalue weighted by molar-refractivity contribution is 5.44. The fourth-order valence-corrected chi connectivity index (χ4v) is 2.06. The lowest BCUT2D eigenvalue weighted by atomic mass is 10.1. The third kappa shape index (κ3) is 4.67. The first-order valence-electron chi connectivity index (χ1n) is 6.96. The van der Waals surface area contributed by atoms with Gasteiger partial charge in [-0.2, -0.15) is 0 Å². The van der Waals surface area contributed by atoms with E-state index in [1.54, 1.807) is 12.1 Å². The molecule has 0 fully saturated rings. The summed E-state index contributed by atoms with van der Waals surface area (Å²) in [6.07, 6.45) is 1.04. The van der Waals surface area contributed by atoms with Gasteiger partial charge >= 0.3 is 0 Å². The zero-order valence-electron chi connectivity index (χ0n) is 11.8. The molecular weight excluding hydrogens is 251 g/mol. The van der Waals surface area contributed by atoms with Crippen LogP contribution in [-0.4, -0.2) is 31.6 Å². The molecule has 2 nitrogen and oxygen atoms in total. The summed E-state index contributed by atoms with van der Waals surface area (Å²) in [6.45, 7) is 2.64. The molecule has 0 atom stereocenters. The second-order valence-electron chi connectivity index (χ2n) is 4.95. The molecule has 2 aromatic rings. The summed E-state index contributed by atoms with van der Waals surface area (Å²) in [6, 6.07) is 17.2. The highest BCUT2D eigenvalue weighted by Gasteiger charge is 2.01. The Bertz CT molecular complexity index is 513. The normalized spacial score (nSPS) is 10.8. The predicted octanol–water partition coefficient (Wildman–Crippen LogP) is 3.41. The Kier molecular flexibility index (Phi) is 5.56. The van der Waals surface area contributed by atoms with E-state index in [-0.39, 0.29) is 5.82 Å². The standard InChI is InChI=1S/C17H21FN2/c1-20(13-11-15-7-3-2-4-8-15)14-12-19-17-10-6-5-9-16(17)18/h2-10,19H,11-14H2,1H3. The number of likely N-dealkylation sites (N-methyl/N-ethyl adjacent to an activating group) is 1. The zero-order valence-corrected chi connectivity index (χ0v) is 11.8. The maximum absolute atomic E-state index is 13.4. The van der Waals surface area contributed by atoms with Gasteiger partial charge in [-0.3, -0.25) is 0 Å². The topological polar surface area (TPSA) is 15.3 Å². The number of benzene rings is 2. The molecule has 0 aromatic heterocycles. The highest BCUT2D eigenvalue weighted by atomic mass is 19.1. The van der Waals surface area contributed by atoms with E-state index in [9.17, 15) is 4.39 Å². The van der Waals surface area contributed by atoms with Gasteiger partial charge in [-0.1, -0.05) is 42.5 Å². The Hall–Kier alpha value is -1.87. The third-order valence-electron chi connectivity index (χ3n) is 3.31. The maximum atomic E-state index is 13.4. The number of halogens is 1. The fraction of sp³-hybridized carbons (Fsp3) is 0.294. The van der Waals surface area contributed by atoms with Crippen LogP contribution >= 0.6 is 0 Å². The minimum Gasteiger partial charge on any atom is -0.381 e. The van der Waals surface area contributed by atoms with Crippen LogP contribution in [0.3, 0.4) is 0 Å². The first kappa shape index (κ1) is 14.5. The van der Waals surface area contributed by atoms with Crippen molar-refractivity contribution >= 4 is 5.69 Å². The second kappa shape index (κ2) is 7.65. The molecule has 0 aliphatic rings. The van der Waals surface area contributed by atoms with Gasteiger partial charge in [0.05, 0.1) is 5.69 Å². The van der Waals surface area contributed by atoms with Gasteiger partial charge in [0.25, 0.3) is 0 Å². The Morgan fingerprint density at radius 1 is 0.950 bits per heavy atom. The molecular formula is C17H21FN2. The molecule has 0 aliphatic heterocycles. The lowest BCUT2D eigenvalue weighted by molar-refractivity contribution is 0.351. The molecule has 3 heteroatoms. The predicted molar refractivity (Wildman–Crippen MR) is 82.5 cm³/mol. The molecule has 0 saturated carbocycles. The SMILES string of the molecule is CN(CCNc1ccccc1F)CCc1ccccc1. The van der Waals surface area contributed by atoms with E-state index in [2.05, 4.69) is 41.5 Å². The molecule has 0 radical (unpaired) electrons. The molecule has 2 rings (SSSR count). The zero-order chi connectivity index (χ0) is 14.2. The van der Waals surface area contributed by atoms with Crippen LogP contribution in [0.5, 0.6) is 0 Å². The van der Waals surface area contributed by atoms with Crippen LogP contribution in [0.2, 0.25) is 0 Å². The number of hydrogen-bond donors (Lipinski definition) is 1. The molecule has 0 amide bonds. The van der Waals surface area contributed by atoms with E-state index in [4.69, 9.17) is 0 Å². The summed E-state index contributed by atoms with van der Waals surface area (Å²) in [5, 5.41) is 3.13. The number of hydrogen-bond acceptors (Lipinski definition) is 2. The first-order chi connectivity index (χ1) is 9.75. The summed E-state index contributed by atoms with van der Waals surface area (Å²) < 4.78 is 13.4. The average Bonchev–Trinajstić information content (AvgIpc) is 2.48. The van der Waals surface area contributed by atoms with Crippen molar-refractivity contribution in [3.8, 4) is 0 Å². The van der Waals surface area contributed by atoms with E-state index in [1.807, 2.05) is 12.1 Å². The molecule has 0 saturated heterocycles. The molecule has 0 bridgehead atoms. The Morgan fingerprint density at radius 3 is 2.40 bits per heavy atom. The van der Waals surface area contributed by atoms with Crippen molar-refractivity contribution in [3.05, 3.63) is 66.0 Å². The highest BCUT2D eigenvalue weighted by Crippen LogP contribution is 2.11. The van der Waals surface area contributed by atoms with Gasteiger partial charge in [-0.15, -0.1) is 0 Å². The monoisotopic (exact) mass is 272 g/mol.